The number of carbonyl (C=O) groups is 1. The minimum absolute atomic E-state index is 0.0943. The molecule has 0 aromatic heterocycles. The van der Waals surface area contributed by atoms with E-state index in [4.69, 9.17) is 0 Å². The maximum Gasteiger partial charge on any atom is 0.269 e. The lowest BCUT2D eigenvalue weighted by molar-refractivity contribution is -0.907. The van der Waals surface area contributed by atoms with E-state index in [2.05, 4.69) is 12.4 Å². The Labute approximate surface area is 134 Å². The van der Waals surface area contributed by atoms with Crippen molar-refractivity contribution in [3.05, 3.63) is 75.3 Å². The fourth-order valence-electron chi connectivity index (χ4n) is 2.41. The van der Waals surface area contributed by atoms with Crippen LogP contribution in [0.3, 0.4) is 0 Å². The molecule has 6 nitrogen and oxygen atoms in total. The molecule has 1 amide bonds. The maximum atomic E-state index is 11.5. The van der Waals surface area contributed by atoms with Crippen LogP contribution in [0.2, 0.25) is 0 Å². The lowest BCUT2D eigenvalue weighted by Crippen LogP contribution is -3.06. The van der Waals surface area contributed by atoms with E-state index < -0.39 is 4.92 Å². The number of hydrogen-bond acceptors (Lipinski definition) is 3. The van der Waals surface area contributed by atoms with Gasteiger partial charge in [-0.2, -0.15) is 0 Å². The molecule has 2 rings (SSSR count). The van der Waals surface area contributed by atoms with Crippen LogP contribution in [0.1, 0.15) is 21.5 Å². The summed E-state index contributed by atoms with van der Waals surface area (Å²) in [7, 11) is 3.67. The highest BCUT2D eigenvalue weighted by atomic mass is 16.6. The van der Waals surface area contributed by atoms with Gasteiger partial charge >= 0.3 is 0 Å². The minimum atomic E-state index is -0.394. The van der Waals surface area contributed by atoms with Gasteiger partial charge in [0.2, 0.25) is 0 Å². The Bertz CT molecular complexity index is 681. The predicted octanol–water partition coefficient (Wildman–Crippen LogP) is 1.17. The van der Waals surface area contributed by atoms with Gasteiger partial charge in [0.15, 0.2) is 0 Å². The van der Waals surface area contributed by atoms with E-state index >= 15 is 0 Å². The number of carbonyl (C=O) groups excluding carboxylic acids is 1. The molecule has 23 heavy (non-hydrogen) atoms. The molecule has 0 aliphatic heterocycles. The number of non-ortho nitro benzene ring substituents is 1. The highest BCUT2D eigenvalue weighted by Crippen LogP contribution is 2.11. The third-order valence-corrected chi connectivity index (χ3v) is 3.60. The maximum absolute atomic E-state index is 11.5. The fraction of sp³-hybridized carbons (Fsp3) is 0.235. The average Bonchev–Trinajstić information content (AvgIpc) is 2.55. The van der Waals surface area contributed by atoms with Gasteiger partial charge in [-0.15, -0.1) is 0 Å². The van der Waals surface area contributed by atoms with Gasteiger partial charge in [0.1, 0.15) is 13.1 Å². The van der Waals surface area contributed by atoms with E-state index in [1.54, 1.807) is 19.2 Å². The van der Waals surface area contributed by atoms with E-state index in [1.165, 1.54) is 17.0 Å². The van der Waals surface area contributed by atoms with Gasteiger partial charge in [0.25, 0.3) is 11.6 Å². The summed E-state index contributed by atoms with van der Waals surface area (Å²) in [6, 6.07) is 14.2. The summed E-state index contributed by atoms with van der Waals surface area (Å²) in [5.41, 5.74) is 2.94. The number of hydrogen-bond donors (Lipinski definition) is 2. The molecule has 0 saturated carbocycles. The van der Waals surface area contributed by atoms with Gasteiger partial charge in [-0.05, 0) is 24.3 Å². The van der Waals surface area contributed by atoms with Crippen LogP contribution in [0.5, 0.6) is 0 Å². The number of rotatable bonds is 6. The summed E-state index contributed by atoms with van der Waals surface area (Å²) in [6.45, 7) is 1.58. The number of nitrogens with zero attached hydrogens (tertiary/aromatic N) is 1. The Hall–Kier alpha value is -2.73. The third-order valence-electron chi connectivity index (χ3n) is 3.60. The first-order valence-corrected chi connectivity index (χ1v) is 7.35. The van der Waals surface area contributed by atoms with Crippen molar-refractivity contribution >= 4 is 11.6 Å². The third kappa shape index (κ3) is 4.62. The second-order valence-corrected chi connectivity index (χ2v) is 5.51. The molecule has 2 N–H and O–H groups in total. The Morgan fingerprint density at radius 2 is 1.52 bits per heavy atom. The lowest BCUT2D eigenvalue weighted by atomic mass is 10.1. The summed E-state index contributed by atoms with van der Waals surface area (Å²) in [5, 5.41) is 13.2. The lowest BCUT2D eigenvalue weighted by Gasteiger charge is -2.14. The Morgan fingerprint density at radius 3 is 1.96 bits per heavy atom. The molecule has 1 atom stereocenters. The minimum Gasteiger partial charge on any atom is -0.355 e. The molecule has 0 fully saturated rings. The fourth-order valence-corrected chi connectivity index (χ4v) is 2.41. The Balaban J connectivity index is 1.95. The summed E-state index contributed by atoms with van der Waals surface area (Å²) in [6.07, 6.45) is 0. The summed E-state index contributed by atoms with van der Waals surface area (Å²) < 4.78 is 0. The number of nitro benzene ring substituents is 1. The molecule has 2 aromatic carbocycles. The number of amides is 1. The second-order valence-electron chi connectivity index (χ2n) is 5.51. The molecule has 1 unspecified atom stereocenters. The van der Waals surface area contributed by atoms with E-state index in [0.717, 1.165) is 24.2 Å². The van der Waals surface area contributed by atoms with Gasteiger partial charge in [0.05, 0.1) is 12.0 Å². The van der Waals surface area contributed by atoms with Crippen LogP contribution in [0.4, 0.5) is 5.69 Å². The molecule has 0 aliphatic rings. The monoisotopic (exact) mass is 314 g/mol. The molecule has 0 radical (unpaired) electrons. The van der Waals surface area contributed by atoms with Crippen molar-refractivity contribution in [1.82, 2.24) is 5.32 Å². The van der Waals surface area contributed by atoms with Crippen LogP contribution >= 0.6 is 0 Å². The van der Waals surface area contributed by atoms with Gasteiger partial charge < -0.3 is 10.2 Å². The highest BCUT2D eigenvalue weighted by Gasteiger charge is 2.09. The first-order valence-electron chi connectivity index (χ1n) is 7.35. The molecule has 120 valence electrons. The normalized spacial score (nSPS) is 11.7. The van der Waals surface area contributed by atoms with Gasteiger partial charge in [-0.1, -0.05) is 12.1 Å². The zero-order chi connectivity index (χ0) is 16.8. The molecule has 0 aliphatic carbocycles. The summed E-state index contributed by atoms with van der Waals surface area (Å²) in [5.74, 6) is -0.0943. The first-order chi connectivity index (χ1) is 11.0. The highest BCUT2D eigenvalue weighted by molar-refractivity contribution is 5.93. The van der Waals surface area contributed by atoms with Crippen molar-refractivity contribution in [1.29, 1.82) is 0 Å². The molecule has 0 saturated heterocycles. The number of nitrogens with one attached hydrogen (secondary N) is 2. The molecule has 2 aromatic rings. The van der Waals surface area contributed by atoms with Crippen LogP contribution in [0.25, 0.3) is 0 Å². The molecule has 0 spiro atoms. The zero-order valence-corrected chi connectivity index (χ0v) is 13.2. The molecule has 6 heteroatoms. The van der Waals surface area contributed by atoms with E-state index in [-0.39, 0.29) is 11.6 Å². The van der Waals surface area contributed by atoms with Crippen molar-refractivity contribution < 1.29 is 14.6 Å². The predicted molar refractivity (Wildman–Crippen MR) is 87.2 cm³/mol. The zero-order valence-electron chi connectivity index (χ0n) is 13.2. The van der Waals surface area contributed by atoms with E-state index in [1.807, 2.05) is 24.3 Å². The van der Waals surface area contributed by atoms with Crippen LogP contribution in [-0.2, 0) is 13.1 Å². The van der Waals surface area contributed by atoms with E-state index in [0.29, 0.717) is 5.56 Å². The smallest absolute Gasteiger partial charge is 0.269 e. The molecular formula is C17H20N3O3+. The van der Waals surface area contributed by atoms with E-state index in [9.17, 15) is 14.9 Å². The van der Waals surface area contributed by atoms with Crippen LogP contribution in [-0.4, -0.2) is 24.9 Å². The van der Waals surface area contributed by atoms with Crippen LogP contribution < -0.4 is 10.2 Å². The second kappa shape index (κ2) is 7.51. The van der Waals surface area contributed by atoms with Gasteiger partial charge in [0, 0.05) is 35.9 Å². The van der Waals surface area contributed by atoms with Crippen molar-refractivity contribution in [2.45, 2.75) is 13.1 Å². The van der Waals surface area contributed by atoms with Gasteiger partial charge in [-0.3, -0.25) is 14.9 Å². The molecule has 0 bridgehead atoms. The SMILES string of the molecule is CNC(=O)c1ccc(C[NH+](C)Cc2ccc([N+](=O)[O-])cc2)cc1. The van der Waals surface area contributed by atoms with Crippen molar-refractivity contribution in [3.63, 3.8) is 0 Å². The Kier molecular flexibility index (Phi) is 5.43. The largest absolute Gasteiger partial charge is 0.355 e. The first kappa shape index (κ1) is 16.6. The quantitative estimate of drug-likeness (QED) is 0.621. The number of quaternary nitrogens is 1. The number of benzene rings is 2. The number of nitro groups is 1. The van der Waals surface area contributed by atoms with Crippen molar-refractivity contribution in [2.24, 2.45) is 0 Å². The average molecular weight is 314 g/mol. The topological polar surface area (TPSA) is 76.7 Å². The van der Waals surface area contributed by atoms with Crippen molar-refractivity contribution in [3.8, 4) is 0 Å². The summed E-state index contributed by atoms with van der Waals surface area (Å²) >= 11 is 0. The van der Waals surface area contributed by atoms with Gasteiger partial charge in [-0.25, -0.2) is 0 Å². The van der Waals surface area contributed by atoms with Crippen LogP contribution in [0.15, 0.2) is 48.5 Å². The van der Waals surface area contributed by atoms with Crippen molar-refractivity contribution in [2.75, 3.05) is 14.1 Å². The molecular weight excluding hydrogens is 294 g/mol. The Morgan fingerprint density at radius 1 is 1.04 bits per heavy atom. The van der Waals surface area contributed by atoms with Crippen LogP contribution in [0, 0.1) is 10.1 Å². The molecule has 0 heterocycles. The summed E-state index contributed by atoms with van der Waals surface area (Å²) in [4.78, 5) is 23.0. The standard InChI is InChI=1S/C17H19N3O3/c1-18-17(21)15-7-3-13(4-8-15)11-19(2)12-14-5-9-16(10-6-14)20(22)23/h3-10H,11-12H2,1-2H3,(H,18,21)/p+1.